The lowest BCUT2D eigenvalue weighted by atomic mass is 9.92. The summed E-state index contributed by atoms with van der Waals surface area (Å²) in [6, 6.07) is 14.3. The molecule has 0 amide bonds. The normalized spacial score (nSPS) is 13.1. The van der Waals surface area contributed by atoms with Gasteiger partial charge in [0.2, 0.25) is 0 Å². The lowest BCUT2D eigenvalue weighted by Crippen LogP contribution is -2.08. The van der Waals surface area contributed by atoms with Crippen molar-refractivity contribution in [3.8, 4) is 5.75 Å². The van der Waals surface area contributed by atoms with Crippen LogP contribution in [0.4, 0.5) is 0 Å². The van der Waals surface area contributed by atoms with Crippen molar-refractivity contribution in [2.24, 2.45) is 0 Å². The van der Waals surface area contributed by atoms with E-state index in [1.807, 2.05) is 30.3 Å². The Balaban J connectivity index is 1.43. The highest BCUT2D eigenvalue weighted by molar-refractivity contribution is 7.98. The fraction of sp³-hybridized carbons (Fsp3) is 0.304. The number of hydrogen-bond donors (Lipinski definition) is 0. The van der Waals surface area contributed by atoms with Crippen LogP contribution in [-0.4, -0.2) is 14.8 Å². The van der Waals surface area contributed by atoms with E-state index in [0.29, 0.717) is 13.2 Å². The van der Waals surface area contributed by atoms with Gasteiger partial charge in [0.15, 0.2) is 11.0 Å². The van der Waals surface area contributed by atoms with E-state index in [1.54, 1.807) is 11.8 Å². The summed E-state index contributed by atoms with van der Waals surface area (Å²) in [5.74, 6) is 2.51. The summed E-state index contributed by atoms with van der Waals surface area (Å²) in [6.07, 6.45) is 6.73. The molecule has 4 rings (SSSR count). The molecule has 0 aliphatic heterocycles. The van der Waals surface area contributed by atoms with Gasteiger partial charge in [-0.1, -0.05) is 47.6 Å². The first-order valence-corrected chi connectivity index (χ1v) is 11.2. The maximum absolute atomic E-state index is 6.05. The molecule has 0 spiro atoms. The number of allylic oxidation sites excluding steroid dienone is 1. The standard InChI is InChI=1S/C23H24ClN3OS/c1-2-13-27-22(15-28-21-12-9-18-5-3-4-6-19(18)14-21)25-26-23(27)29-16-17-7-10-20(24)11-8-17/h2,7-12,14H,1,3-6,13,15-16H2. The summed E-state index contributed by atoms with van der Waals surface area (Å²) in [5, 5.41) is 10.3. The van der Waals surface area contributed by atoms with Crippen LogP contribution in [-0.2, 0) is 31.7 Å². The summed E-state index contributed by atoms with van der Waals surface area (Å²) in [6.45, 7) is 4.91. The summed E-state index contributed by atoms with van der Waals surface area (Å²) in [7, 11) is 0. The summed E-state index contributed by atoms with van der Waals surface area (Å²) < 4.78 is 8.11. The van der Waals surface area contributed by atoms with Crippen LogP contribution < -0.4 is 4.74 Å². The molecule has 0 saturated carbocycles. The summed E-state index contributed by atoms with van der Waals surface area (Å²) >= 11 is 7.61. The van der Waals surface area contributed by atoms with Gasteiger partial charge in [0.25, 0.3) is 0 Å². The highest BCUT2D eigenvalue weighted by Crippen LogP contribution is 2.27. The van der Waals surface area contributed by atoms with Crippen molar-refractivity contribution in [1.82, 2.24) is 14.8 Å². The van der Waals surface area contributed by atoms with Crippen LogP contribution in [0.2, 0.25) is 5.02 Å². The van der Waals surface area contributed by atoms with Crippen molar-refractivity contribution in [3.05, 3.63) is 82.7 Å². The quantitative estimate of drug-likeness (QED) is 0.334. The lowest BCUT2D eigenvalue weighted by molar-refractivity contribution is 0.288. The highest BCUT2D eigenvalue weighted by atomic mass is 35.5. The molecule has 1 heterocycles. The van der Waals surface area contributed by atoms with E-state index < -0.39 is 0 Å². The molecule has 0 bridgehead atoms. The Kier molecular flexibility index (Phi) is 6.57. The molecule has 0 radical (unpaired) electrons. The van der Waals surface area contributed by atoms with Crippen LogP contribution in [0, 0.1) is 0 Å². The second-order valence-electron chi connectivity index (χ2n) is 7.14. The number of ether oxygens (including phenoxy) is 1. The van der Waals surface area contributed by atoms with Gasteiger partial charge in [-0.05, 0) is 66.6 Å². The molecule has 3 aromatic rings. The molecular weight excluding hydrogens is 402 g/mol. The van der Waals surface area contributed by atoms with Crippen molar-refractivity contribution >= 4 is 23.4 Å². The van der Waals surface area contributed by atoms with Crippen LogP contribution in [0.3, 0.4) is 0 Å². The van der Waals surface area contributed by atoms with E-state index in [4.69, 9.17) is 16.3 Å². The van der Waals surface area contributed by atoms with Crippen LogP contribution in [0.5, 0.6) is 5.75 Å². The van der Waals surface area contributed by atoms with Gasteiger partial charge in [-0.2, -0.15) is 0 Å². The molecule has 0 unspecified atom stereocenters. The van der Waals surface area contributed by atoms with Gasteiger partial charge in [0.05, 0.1) is 0 Å². The Labute approximate surface area is 181 Å². The van der Waals surface area contributed by atoms with Crippen molar-refractivity contribution in [1.29, 1.82) is 0 Å². The molecule has 6 heteroatoms. The third-order valence-electron chi connectivity index (χ3n) is 5.07. The zero-order chi connectivity index (χ0) is 20.1. The third-order valence-corrected chi connectivity index (χ3v) is 6.36. The number of thioether (sulfide) groups is 1. The number of aryl methyl sites for hydroxylation is 2. The Hall–Kier alpha value is -2.24. The van der Waals surface area contributed by atoms with E-state index in [1.165, 1.54) is 36.0 Å². The molecule has 4 nitrogen and oxygen atoms in total. The Morgan fingerprint density at radius 3 is 2.66 bits per heavy atom. The number of rotatable bonds is 8. The van der Waals surface area contributed by atoms with Gasteiger partial charge >= 0.3 is 0 Å². The second kappa shape index (κ2) is 9.51. The number of hydrogen-bond acceptors (Lipinski definition) is 4. The van der Waals surface area contributed by atoms with Crippen molar-refractivity contribution < 1.29 is 4.74 Å². The molecule has 2 aromatic carbocycles. The fourth-order valence-corrected chi connectivity index (χ4v) is 4.57. The van der Waals surface area contributed by atoms with Crippen LogP contribution in [0.1, 0.15) is 35.4 Å². The topological polar surface area (TPSA) is 39.9 Å². The fourth-order valence-electron chi connectivity index (χ4n) is 3.52. The number of halogens is 1. The van der Waals surface area contributed by atoms with E-state index in [9.17, 15) is 0 Å². The zero-order valence-corrected chi connectivity index (χ0v) is 17.9. The largest absolute Gasteiger partial charge is 0.486 e. The minimum atomic E-state index is 0.390. The number of fused-ring (bicyclic) bond motifs is 1. The van der Waals surface area contributed by atoms with E-state index >= 15 is 0 Å². The van der Waals surface area contributed by atoms with Gasteiger partial charge in [0, 0.05) is 17.3 Å². The zero-order valence-electron chi connectivity index (χ0n) is 16.3. The van der Waals surface area contributed by atoms with Gasteiger partial charge in [0.1, 0.15) is 12.4 Å². The molecule has 1 aromatic heterocycles. The predicted molar refractivity (Wildman–Crippen MR) is 119 cm³/mol. The van der Waals surface area contributed by atoms with Crippen molar-refractivity contribution in [2.75, 3.05) is 0 Å². The maximum atomic E-state index is 6.05. The van der Waals surface area contributed by atoms with Crippen LogP contribution in [0.15, 0.2) is 60.3 Å². The number of benzene rings is 2. The Morgan fingerprint density at radius 1 is 1.07 bits per heavy atom. The summed E-state index contributed by atoms with van der Waals surface area (Å²) in [4.78, 5) is 0. The van der Waals surface area contributed by atoms with Crippen molar-refractivity contribution in [2.45, 2.75) is 49.7 Å². The van der Waals surface area contributed by atoms with Gasteiger partial charge < -0.3 is 4.74 Å². The van der Waals surface area contributed by atoms with E-state index in [0.717, 1.165) is 33.9 Å². The minimum absolute atomic E-state index is 0.390. The number of aromatic nitrogens is 3. The molecule has 0 fully saturated rings. The molecular formula is C23H24ClN3OS. The highest BCUT2D eigenvalue weighted by Gasteiger charge is 2.14. The first-order chi connectivity index (χ1) is 14.2. The Morgan fingerprint density at radius 2 is 1.86 bits per heavy atom. The molecule has 1 aliphatic carbocycles. The van der Waals surface area contributed by atoms with Gasteiger partial charge in [-0.25, -0.2) is 0 Å². The maximum Gasteiger partial charge on any atom is 0.191 e. The van der Waals surface area contributed by atoms with Crippen molar-refractivity contribution in [3.63, 3.8) is 0 Å². The monoisotopic (exact) mass is 425 g/mol. The smallest absolute Gasteiger partial charge is 0.191 e. The lowest BCUT2D eigenvalue weighted by Gasteiger charge is -2.16. The molecule has 150 valence electrons. The van der Waals surface area contributed by atoms with E-state index in [-0.39, 0.29) is 0 Å². The van der Waals surface area contributed by atoms with Gasteiger partial charge in [-0.15, -0.1) is 16.8 Å². The molecule has 0 saturated heterocycles. The second-order valence-corrected chi connectivity index (χ2v) is 8.52. The summed E-state index contributed by atoms with van der Waals surface area (Å²) in [5.41, 5.74) is 4.07. The first kappa shape index (κ1) is 20.0. The molecule has 29 heavy (non-hydrogen) atoms. The van der Waals surface area contributed by atoms with E-state index in [2.05, 4.69) is 39.5 Å². The minimum Gasteiger partial charge on any atom is -0.486 e. The van der Waals surface area contributed by atoms with Crippen LogP contribution >= 0.6 is 23.4 Å². The third kappa shape index (κ3) is 5.03. The molecule has 0 atom stereocenters. The molecule has 0 N–H and O–H groups in total. The van der Waals surface area contributed by atoms with Crippen LogP contribution in [0.25, 0.3) is 0 Å². The number of nitrogens with zero attached hydrogens (tertiary/aromatic N) is 3. The first-order valence-electron chi connectivity index (χ1n) is 9.88. The average Bonchev–Trinajstić information content (AvgIpc) is 3.13. The van der Waals surface area contributed by atoms with Gasteiger partial charge in [-0.3, -0.25) is 4.57 Å². The Bertz CT molecular complexity index is 984. The predicted octanol–water partition coefficient (Wildman–Crippen LogP) is 5.87. The average molecular weight is 426 g/mol. The SMILES string of the molecule is C=CCn1c(COc2ccc3c(c2)CCCC3)nnc1SCc1ccc(Cl)cc1. The molecule has 1 aliphatic rings.